The molecule has 5 heteroatoms. The third-order valence-electron chi connectivity index (χ3n) is 2.49. The van der Waals surface area contributed by atoms with Gasteiger partial charge in [-0.05, 0) is 25.1 Å². The molecule has 2 aromatic rings. The Kier molecular flexibility index (Phi) is 2.38. The SMILES string of the molecule is Cc1c(O)c(-c2cc(F)ccc2F)nn1C. The van der Waals surface area contributed by atoms with Gasteiger partial charge in [0.1, 0.15) is 17.3 Å². The maximum Gasteiger partial charge on any atom is 0.164 e. The molecule has 2 rings (SSSR count). The van der Waals surface area contributed by atoms with Gasteiger partial charge in [0.2, 0.25) is 0 Å². The zero-order valence-corrected chi connectivity index (χ0v) is 8.83. The topological polar surface area (TPSA) is 38.1 Å². The quantitative estimate of drug-likeness (QED) is 0.807. The van der Waals surface area contributed by atoms with Crippen molar-refractivity contribution in [3.05, 3.63) is 35.5 Å². The Hall–Kier alpha value is -1.91. The minimum absolute atomic E-state index is 0.0406. The van der Waals surface area contributed by atoms with Gasteiger partial charge in [-0.2, -0.15) is 5.10 Å². The summed E-state index contributed by atoms with van der Waals surface area (Å²) in [5, 5.41) is 13.7. The molecule has 1 heterocycles. The van der Waals surface area contributed by atoms with E-state index in [9.17, 15) is 13.9 Å². The van der Waals surface area contributed by atoms with Crippen LogP contribution in [0.15, 0.2) is 18.2 Å². The smallest absolute Gasteiger partial charge is 0.164 e. The fourth-order valence-corrected chi connectivity index (χ4v) is 1.46. The molecule has 0 spiro atoms. The van der Waals surface area contributed by atoms with Crippen LogP contribution in [0.4, 0.5) is 8.78 Å². The maximum absolute atomic E-state index is 13.4. The molecule has 0 bridgehead atoms. The number of hydrogen-bond acceptors (Lipinski definition) is 2. The molecule has 0 aliphatic heterocycles. The molecule has 0 fully saturated rings. The van der Waals surface area contributed by atoms with E-state index >= 15 is 0 Å². The van der Waals surface area contributed by atoms with Gasteiger partial charge in [0.05, 0.1) is 5.69 Å². The average Bonchev–Trinajstić information content (AvgIpc) is 2.50. The molecule has 3 nitrogen and oxygen atoms in total. The lowest BCUT2D eigenvalue weighted by atomic mass is 10.1. The van der Waals surface area contributed by atoms with Crippen LogP contribution in [-0.4, -0.2) is 14.9 Å². The summed E-state index contributed by atoms with van der Waals surface area (Å²) in [7, 11) is 1.62. The van der Waals surface area contributed by atoms with Gasteiger partial charge >= 0.3 is 0 Å². The molecule has 0 amide bonds. The van der Waals surface area contributed by atoms with E-state index in [1.165, 1.54) is 4.68 Å². The van der Waals surface area contributed by atoms with Gasteiger partial charge < -0.3 is 5.11 Å². The van der Waals surface area contributed by atoms with Gasteiger partial charge in [0.25, 0.3) is 0 Å². The highest BCUT2D eigenvalue weighted by atomic mass is 19.1. The second-order valence-corrected chi connectivity index (χ2v) is 3.53. The number of benzene rings is 1. The number of aromatic nitrogens is 2. The van der Waals surface area contributed by atoms with Crippen LogP contribution < -0.4 is 0 Å². The van der Waals surface area contributed by atoms with Gasteiger partial charge in [-0.25, -0.2) is 8.78 Å². The highest BCUT2D eigenvalue weighted by molar-refractivity contribution is 5.67. The summed E-state index contributed by atoms with van der Waals surface area (Å²) >= 11 is 0. The van der Waals surface area contributed by atoms with E-state index in [-0.39, 0.29) is 17.0 Å². The normalized spacial score (nSPS) is 10.8. The molecule has 0 saturated heterocycles. The lowest BCUT2D eigenvalue weighted by Gasteiger charge is -2.00. The van der Waals surface area contributed by atoms with Crippen LogP contribution >= 0.6 is 0 Å². The third kappa shape index (κ3) is 1.54. The molecule has 16 heavy (non-hydrogen) atoms. The second-order valence-electron chi connectivity index (χ2n) is 3.53. The van der Waals surface area contributed by atoms with E-state index in [2.05, 4.69) is 5.10 Å². The minimum atomic E-state index is -0.616. The number of aromatic hydroxyl groups is 1. The van der Waals surface area contributed by atoms with Gasteiger partial charge in [-0.3, -0.25) is 4.68 Å². The number of halogens is 2. The largest absolute Gasteiger partial charge is 0.504 e. The molecule has 1 aromatic heterocycles. The molecule has 0 radical (unpaired) electrons. The van der Waals surface area contributed by atoms with Crippen LogP contribution in [0.2, 0.25) is 0 Å². The zero-order valence-electron chi connectivity index (χ0n) is 8.83. The molecule has 0 aliphatic carbocycles. The maximum atomic E-state index is 13.4. The molecule has 0 saturated carbocycles. The van der Waals surface area contributed by atoms with Gasteiger partial charge in [0.15, 0.2) is 5.75 Å². The molecule has 0 unspecified atom stereocenters. The predicted octanol–water partition coefficient (Wildman–Crippen LogP) is 2.38. The lowest BCUT2D eigenvalue weighted by Crippen LogP contribution is -1.93. The summed E-state index contributed by atoms with van der Waals surface area (Å²) in [6.45, 7) is 1.64. The van der Waals surface area contributed by atoms with Gasteiger partial charge in [0, 0.05) is 12.6 Å². The second kappa shape index (κ2) is 3.59. The standard InChI is InChI=1S/C11H10F2N2O/c1-6-11(16)10(14-15(6)2)8-5-7(12)3-4-9(8)13/h3-5,16H,1-2H3. The summed E-state index contributed by atoms with van der Waals surface area (Å²) in [6, 6.07) is 3.04. The van der Waals surface area contributed by atoms with Crippen molar-refractivity contribution in [2.45, 2.75) is 6.92 Å². The van der Waals surface area contributed by atoms with Crippen LogP contribution in [0.25, 0.3) is 11.3 Å². The van der Waals surface area contributed by atoms with Crippen LogP contribution in [0.3, 0.4) is 0 Å². The minimum Gasteiger partial charge on any atom is -0.504 e. The monoisotopic (exact) mass is 224 g/mol. The van der Waals surface area contributed by atoms with E-state index < -0.39 is 11.6 Å². The summed E-state index contributed by atoms with van der Waals surface area (Å²) in [6.07, 6.45) is 0. The first-order valence-corrected chi connectivity index (χ1v) is 4.68. The predicted molar refractivity (Wildman–Crippen MR) is 55.0 cm³/mol. The number of nitrogens with zero attached hydrogens (tertiary/aromatic N) is 2. The van der Waals surface area contributed by atoms with E-state index in [0.717, 1.165) is 18.2 Å². The molecule has 1 aromatic carbocycles. The van der Waals surface area contributed by atoms with Crippen molar-refractivity contribution in [1.82, 2.24) is 9.78 Å². The van der Waals surface area contributed by atoms with Crippen molar-refractivity contribution in [3.63, 3.8) is 0 Å². The van der Waals surface area contributed by atoms with E-state index in [0.29, 0.717) is 5.69 Å². The Labute approximate surface area is 91.0 Å². The van der Waals surface area contributed by atoms with Crippen LogP contribution in [-0.2, 0) is 7.05 Å². The fraction of sp³-hybridized carbons (Fsp3) is 0.182. The molecule has 0 aliphatic rings. The van der Waals surface area contributed by atoms with Crippen molar-refractivity contribution in [1.29, 1.82) is 0 Å². The lowest BCUT2D eigenvalue weighted by molar-refractivity contribution is 0.470. The number of hydrogen-bond donors (Lipinski definition) is 1. The van der Waals surface area contributed by atoms with Crippen molar-refractivity contribution in [3.8, 4) is 17.0 Å². The highest BCUT2D eigenvalue weighted by Gasteiger charge is 2.17. The Morgan fingerprint density at radius 2 is 2.00 bits per heavy atom. The van der Waals surface area contributed by atoms with Crippen molar-refractivity contribution in [2.75, 3.05) is 0 Å². The summed E-state index contributed by atoms with van der Waals surface area (Å²) in [4.78, 5) is 0. The Morgan fingerprint density at radius 3 is 2.56 bits per heavy atom. The van der Waals surface area contributed by atoms with Crippen LogP contribution in [0.5, 0.6) is 5.75 Å². The number of aryl methyl sites for hydroxylation is 1. The summed E-state index contributed by atoms with van der Waals surface area (Å²) in [5.74, 6) is -1.32. The summed E-state index contributed by atoms with van der Waals surface area (Å²) < 4.78 is 27.8. The third-order valence-corrected chi connectivity index (χ3v) is 2.49. The Balaban J connectivity index is 2.67. The first-order valence-electron chi connectivity index (χ1n) is 4.68. The highest BCUT2D eigenvalue weighted by Crippen LogP contribution is 2.32. The molecule has 0 atom stereocenters. The van der Waals surface area contributed by atoms with Crippen molar-refractivity contribution < 1.29 is 13.9 Å². The van der Waals surface area contributed by atoms with E-state index in [1.807, 2.05) is 0 Å². The Morgan fingerprint density at radius 1 is 1.31 bits per heavy atom. The molecular formula is C11H10F2N2O. The average molecular weight is 224 g/mol. The molecule has 84 valence electrons. The van der Waals surface area contributed by atoms with E-state index in [4.69, 9.17) is 0 Å². The van der Waals surface area contributed by atoms with E-state index in [1.54, 1.807) is 14.0 Å². The summed E-state index contributed by atoms with van der Waals surface area (Å²) in [5.41, 5.74) is 0.511. The van der Waals surface area contributed by atoms with Crippen LogP contribution in [0.1, 0.15) is 5.69 Å². The molecule has 1 N–H and O–H groups in total. The first kappa shape index (κ1) is 10.6. The van der Waals surface area contributed by atoms with Crippen molar-refractivity contribution >= 4 is 0 Å². The van der Waals surface area contributed by atoms with Crippen molar-refractivity contribution in [2.24, 2.45) is 7.05 Å². The van der Waals surface area contributed by atoms with Crippen LogP contribution in [0, 0.1) is 18.6 Å². The number of rotatable bonds is 1. The van der Waals surface area contributed by atoms with Gasteiger partial charge in [-0.1, -0.05) is 0 Å². The molecular weight excluding hydrogens is 214 g/mol. The van der Waals surface area contributed by atoms with Gasteiger partial charge in [-0.15, -0.1) is 0 Å². The zero-order chi connectivity index (χ0) is 11.9. The Bertz CT molecular complexity index is 549. The fourth-order valence-electron chi connectivity index (χ4n) is 1.46. The first-order chi connectivity index (χ1) is 7.50.